The van der Waals surface area contributed by atoms with Crippen LogP contribution in [0, 0.1) is 0 Å². The number of ether oxygens (including phenoxy) is 1. The van der Waals surface area contributed by atoms with Crippen molar-refractivity contribution in [2.75, 3.05) is 25.2 Å². The fraction of sp³-hybridized carbons (Fsp3) is 0.545. The first kappa shape index (κ1) is 13.9. The molecular weight excluding hydrogens is 242 g/mol. The molecule has 96 valence electrons. The fourth-order valence-corrected chi connectivity index (χ4v) is 1.90. The Balaban J connectivity index is 2.30. The molecule has 1 unspecified atom stereocenters. The predicted molar refractivity (Wildman–Crippen MR) is 65.3 cm³/mol. The van der Waals surface area contributed by atoms with Gasteiger partial charge in [-0.05, 0) is 6.07 Å². The van der Waals surface area contributed by atoms with Crippen molar-refractivity contribution in [2.45, 2.75) is 13.5 Å². The van der Waals surface area contributed by atoms with Crippen LogP contribution in [-0.2, 0) is 22.1 Å². The summed E-state index contributed by atoms with van der Waals surface area (Å²) in [4.78, 5) is 11.1. The topological polar surface area (TPSA) is 68.5 Å². The first-order chi connectivity index (χ1) is 8.17. The Morgan fingerprint density at radius 3 is 3.00 bits per heavy atom. The minimum absolute atomic E-state index is 0.404. The van der Waals surface area contributed by atoms with E-state index < -0.39 is 16.8 Å². The summed E-state index contributed by atoms with van der Waals surface area (Å²) in [5, 5.41) is 3.10. The summed E-state index contributed by atoms with van der Waals surface area (Å²) in [7, 11) is 0.571. The number of hydrogen-bond acceptors (Lipinski definition) is 5. The van der Waals surface area contributed by atoms with Gasteiger partial charge in [-0.1, -0.05) is 6.92 Å². The predicted octanol–water partition coefficient (Wildman–Crippen LogP) is 0.924. The Morgan fingerprint density at radius 1 is 1.59 bits per heavy atom. The van der Waals surface area contributed by atoms with Crippen molar-refractivity contribution in [1.29, 1.82) is 0 Å². The molecule has 1 N–H and O–H groups in total. The van der Waals surface area contributed by atoms with E-state index in [1.54, 1.807) is 6.07 Å². The fourth-order valence-electron chi connectivity index (χ4n) is 1.24. The van der Waals surface area contributed by atoms with Crippen LogP contribution in [0.4, 0.5) is 0 Å². The Hall–Kier alpha value is -1.14. The third-order valence-corrected chi connectivity index (χ3v) is 3.51. The van der Waals surface area contributed by atoms with Gasteiger partial charge in [-0.25, -0.2) is 4.79 Å². The van der Waals surface area contributed by atoms with Crippen molar-refractivity contribution < 1.29 is 18.2 Å². The highest BCUT2D eigenvalue weighted by Gasteiger charge is 2.09. The van der Waals surface area contributed by atoms with Crippen LogP contribution < -0.4 is 5.32 Å². The second-order valence-electron chi connectivity index (χ2n) is 3.40. The molecule has 0 radical (unpaired) electrons. The number of methoxy groups -OCH3 is 1. The lowest BCUT2D eigenvalue weighted by Gasteiger charge is -2.01. The van der Waals surface area contributed by atoms with E-state index in [1.165, 1.54) is 13.4 Å². The van der Waals surface area contributed by atoms with Crippen LogP contribution in [0.2, 0.25) is 0 Å². The Kier molecular flexibility index (Phi) is 5.93. The molecule has 5 nitrogen and oxygen atoms in total. The lowest BCUT2D eigenvalue weighted by atomic mass is 10.3. The molecule has 0 fully saturated rings. The van der Waals surface area contributed by atoms with E-state index in [0.717, 1.165) is 0 Å². The zero-order valence-electron chi connectivity index (χ0n) is 10.0. The zero-order valence-corrected chi connectivity index (χ0v) is 10.8. The highest BCUT2D eigenvalue weighted by atomic mass is 32.2. The third-order valence-electron chi connectivity index (χ3n) is 2.20. The first-order valence-electron chi connectivity index (χ1n) is 5.38. The number of nitrogens with one attached hydrogen (secondary N) is 1. The summed E-state index contributed by atoms with van der Waals surface area (Å²) in [6.45, 7) is 3.07. The number of hydrogen-bond donors (Lipinski definition) is 1. The molecule has 1 aromatic heterocycles. The maximum absolute atomic E-state index is 11.1. The summed E-state index contributed by atoms with van der Waals surface area (Å²) >= 11 is 0. The number of esters is 1. The molecule has 0 bridgehead atoms. The number of rotatable bonds is 7. The van der Waals surface area contributed by atoms with Crippen LogP contribution in [0.3, 0.4) is 0 Å². The minimum Gasteiger partial charge on any atom is -0.467 e. The molecule has 6 heteroatoms. The van der Waals surface area contributed by atoms with Gasteiger partial charge in [0.25, 0.3) is 0 Å². The van der Waals surface area contributed by atoms with Gasteiger partial charge in [0.1, 0.15) is 12.0 Å². The quantitative estimate of drug-likeness (QED) is 0.582. The molecular formula is C11H17NO4S. The first-order valence-corrected chi connectivity index (χ1v) is 6.87. The molecule has 0 aliphatic rings. The van der Waals surface area contributed by atoms with E-state index in [-0.39, 0.29) is 0 Å². The molecule has 0 aromatic carbocycles. The molecule has 0 saturated heterocycles. The van der Waals surface area contributed by atoms with Crippen molar-refractivity contribution in [3.05, 3.63) is 23.7 Å². The van der Waals surface area contributed by atoms with E-state index in [9.17, 15) is 9.00 Å². The normalized spacial score (nSPS) is 12.4. The van der Waals surface area contributed by atoms with E-state index >= 15 is 0 Å². The number of carbonyl (C=O) groups excluding carboxylic acids is 1. The van der Waals surface area contributed by atoms with Crippen LogP contribution in [0.25, 0.3) is 0 Å². The summed E-state index contributed by atoms with van der Waals surface area (Å²) in [5.41, 5.74) is 0.404. The van der Waals surface area contributed by atoms with Gasteiger partial charge in [-0.2, -0.15) is 0 Å². The second-order valence-corrected chi connectivity index (χ2v) is 5.27. The largest absolute Gasteiger partial charge is 0.467 e. The lowest BCUT2D eigenvalue weighted by Crippen LogP contribution is -2.20. The standard InChI is InChI=1S/C11H17NO4S/c1-3-17(14)5-4-12-7-10-6-9(8-16-10)11(13)15-2/h6,8,12H,3-5,7H2,1-2H3. The van der Waals surface area contributed by atoms with Crippen molar-refractivity contribution in [3.63, 3.8) is 0 Å². The Morgan fingerprint density at radius 2 is 2.35 bits per heavy atom. The van der Waals surface area contributed by atoms with Gasteiger partial charge in [-0.3, -0.25) is 4.21 Å². The van der Waals surface area contributed by atoms with Gasteiger partial charge < -0.3 is 14.5 Å². The highest BCUT2D eigenvalue weighted by molar-refractivity contribution is 7.84. The van der Waals surface area contributed by atoms with Crippen LogP contribution in [-0.4, -0.2) is 35.3 Å². The van der Waals surface area contributed by atoms with Gasteiger partial charge >= 0.3 is 5.97 Å². The monoisotopic (exact) mass is 259 g/mol. The molecule has 0 aliphatic carbocycles. The minimum atomic E-state index is -0.756. The van der Waals surface area contributed by atoms with E-state index in [4.69, 9.17) is 4.42 Å². The maximum atomic E-state index is 11.1. The van der Waals surface area contributed by atoms with E-state index in [0.29, 0.717) is 35.9 Å². The Bertz CT molecular complexity index is 389. The van der Waals surface area contributed by atoms with Gasteiger partial charge in [0.2, 0.25) is 0 Å². The van der Waals surface area contributed by atoms with Gasteiger partial charge in [0, 0.05) is 28.9 Å². The summed E-state index contributed by atoms with van der Waals surface area (Å²) in [6.07, 6.45) is 1.37. The molecule has 0 amide bonds. The maximum Gasteiger partial charge on any atom is 0.341 e. The van der Waals surface area contributed by atoms with Crippen molar-refractivity contribution in [3.8, 4) is 0 Å². The molecule has 0 spiro atoms. The summed E-state index contributed by atoms with van der Waals surface area (Å²) in [6, 6.07) is 1.63. The van der Waals surface area contributed by atoms with Crippen LogP contribution >= 0.6 is 0 Å². The van der Waals surface area contributed by atoms with Gasteiger partial charge in [0.05, 0.1) is 19.2 Å². The lowest BCUT2D eigenvalue weighted by molar-refractivity contribution is 0.0600. The molecule has 1 aromatic rings. The van der Waals surface area contributed by atoms with Crippen molar-refractivity contribution in [2.24, 2.45) is 0 Å². The Labute approximate surface area is 103 Å². The molecule has 0 aliphatic heterocycles. The van der Waals surface area contributed by atoms with Gasteiger partial charge in [-0.15, -0.1) is 0 Å². The van der Waals surface area contributed by atoms with Gasteiger partial charge in [0.15, 0.2) is 0 Å². The SMILES string of the molecule is CCS(=O)CCNCc1cc(C(=O)OC)co1. The molecule has 1 atom stereocenters. The van der Waals surface area contributed by atoms with Crippen LogP contribution in [0.5, 0.6) is 0 Å². The van der Waals surface area contributed by atoms with E-state index in [2.05, 4.69) is 10.1 Å². The molecule has 1 heterocycles. The van der Waals surface area contributed by atoms with Crippen molar-refractivity contribution >= 4 is 16.8 Å². The van der Waals surface area contributed by atoms with Crippen LogP contribution in [0.15, 0.2) is 16.7 Å². The number of carbonyl (C=O) groups is 1. The molecule has 0 saturated carbocycles. The van der Waals surface area contributed by atoms with E-state index in [1.807, 2.05) is 6.92 Å². The zero-order chi connectivity index (χ0) is 12.7. The molecule has 1 rings (SSSR count). The second kappa shape index (κ2) is 7.24. The molecule has 17 heavy (non-hydrogen) atoms. The number of furan rings is 1. The summed E-state index contributed by atoms with van der Waals surface area (Å²) in [5.74, 6) is 1.55. The van der Waals surface area contributed by atoms with Crippen molar-refractivity contribution in [1.82, 2.24) is 5.32 Å². The third kappa shape index (κ3) is 4.70. The smallest absolute Gasteiger partial charge is 0.341 e. The highest BCUT2D eigenvalue weighted by Crippen LogP contribution is 2.08. The summed E-state index contributed by atoms with van der Waals surface area (Å²) < 4.78 is 20.9. The van der Waals surface area contributed by atoms with Crippen LogP contribution in [0.1, 0.15) is 23.0 Å². The average Bonchev–Trinajstić information content (AvgIpc) is 2.82. The average molecular weight is 259 g/mol.